The molecule has 0 spiro atoms. The summed E-state index contributed by atoms with van der Waals surface area (Å²) in [6.45, 7) is 0. The maximum atomic E-state index is 11.3. The van der Waals surface area contributed by atoms with Gasteiger partial charge in [0, 0.05) is 24.9 Å². The summed E-state index contributed by atoms with van der Waals surface area (Å²) < 4.78 is 5.76. The van der Waals surface area contributed by atoms with Crippen LogP contribution in [0.2, 0.25) is 0 Å². The van der Waals surface area contributed by atoms with Gasteiger partial charge in [-0.05, 0) is 6.07 Å². The van der Waals surface area contributed by atoms with E-state index in [1.165, 1.54) is 30.3 Å². The minimum absolute atomic E-state index is 0.0954. The molecule has 9 heteroatoms. The topological polar surface area (TPSA) is 112 Å². The minimum atomic E-state index is -0.678. The number of nitro benzene ring substituents is 1. The highest BCUT2D eigenvalue weighted by Gasteiger charge is 2.15. The van der Waals surface area contributed by atoms with Gasteiger partial charge in [-0.2, -0.15) is 0 Å². The molecule has 0 saturated heterocycles. The molecule has 0 aliphatic carbocycles. The largest absolute Gasteiger partial charge is 0.463 e. The maximum Gasteiger partial charge on any atom is 0.377 e. The fourth-order valence-corrected chi connectivity index (χ4v) is 1.55. The van der Waals surface area contributed by atoms with E-state index in [0.717, 1.165) is 0 Å². The van der Waals surface area contributed by atoms with Gasteiger partial charge in [0.15, 0.2) is 0 Å². The summed E-state index contributed by atoms with van der Waals surface area (Å²) in [7, 11) is 2.86. The molecule has 0 aliphatic rings. The van der Waals surface area contributed by atoms with Crippen LogP contribution in [0.15, 0.2) is 24.5 Å². The lowest BCUT2D eigenvalue weighted by Gasteiger charge is -2.04. The van der Waals surface area contributed by atoms with E-state index in [9.17, 15) is 14.9 Å². The van der Waals surface area contributed by atoms with Crippen LogP contribution in [0.4, 0.5) is 11.4 Å². The number of carbonyl (C=O) groups is 1. The smallest absolute Gasteiger partial charge is 0.377 e. The monoisotopic (exact) mass is 277 g/mol. The summed E-state index contributed by atoms with van der Waals surface area (Å²) in [6, 6.07) is 4.36. The van der Waals surface area contributed by atoms with Gasteiger partial charge >= 0.3 is 5.97 Å². The van der Waals surface area contributed by atoms with Crippen LogP contribution in [0, 0.1) is 10.1 Å². The Kier molecular flexibility index (Phi) is 3.60. The van der Waals surface area contributed by atoms with E-state index in [0.29, 0.717) is 11.4 Å². The molecule has 2 aromatic rings. The van der Waals surface area contributed by atoms with Crippen molar-refractivity contribution >= 4 is 17.3 Å². The van der Waals surface area contributed by atoms with Gasteiger partial charge in [0.2, 0.25) is 0 Å². The number of esters is 1. The normalized spacial score (nSPS) is 10.1. The Morgan fingerprint density at radius 3 is 2.80 bits per heavy atom. The van der Waals surface area contributed by atoms with Crippen molar-refractivity contribution in [2.24, 2.45) is 0 Å². The average molecular weight is 277 g/mol. The molecule has 1 heterocycles. The van der Waals surface area contributed by atoms with Crippen molar-refractivity contribution in [1.82, 2.24) is 14.8 Å². The van der Waals surface area contributed by atoms with E-state index in [2.05, 4.69) is 20.1 Å². The third-order valence-corrected chi connectivity index (χ3v) is 2.53. The average Bonchev–Trinajstić information content (AvgIpc) is 2.95. The number of anilines is 1. The SMILES string of the molecule is CNc1cc(-n2cnc(C(=O)OC)n2)cc([N+](=O)[O-])c1. The van der Waals surface area contributed by atoms with E-state index in [-0.39, 0.29) is 11.5 Å². The van der Waals surface area contributed by atoms with Gasteiger partial charge in [-0.15, -0.1) is 5.10 Å². The van der Waals surface area contributed by atoms with Gasteiger partial charge < -0.3 is 10.1 Å². The van der Waals surface area contributed by atoms with Gasteiger partial charge in [-0.1, -0.05) is 0 Å². The molecule has 0 radical (unpaired) electrons. The molecule has 2 rings (SSSR count). The lowest BCUT2D eigenvalue weighted by Crippen LogP contribution is -2.05. The molecular weight excluding hydrogens is 266 g/mol. The van der Waals surface area contributed by atoms with Crippen molar-refractivity contribution in [2.75, 3.05) is 19.5 Å². The van der Waals surface area contributed by atoms with E-state index in [1.54, 1.807) is 13.1 Å². The molecule has 1 aromatic heterocycles. The number of hydrogen-bond acceptors (Lipinski definition) is 7. The summed E-state index contributed by atoms with van der Waals surface area (Å²) >= 11 is 0. The number of nitrogens with one attached hydrogen (secondary N) is 1. The number of nitrogens with zero attached hydrogens (tertiary/aromatic N) is 4. The van der Waals surface area contributed by atoms with Gasteiger partial charge in [0.1, 0.15) is 6.33 Å². The number of methoxy groups -OCH3 is 1. The molecule has 9 nitrogen and oxygen atoms in total. The highest BCUT2D eigenvalue weighted by atomic mass is 16.6. The van der Waals surface area contributed by atoms with Crippen molar-refractivity contribution < 1.29 is 14.5 Å². The Hall–Kier alpha value is -2.97. The number of rotatable bonds is 4. The fourth-order valence-electron chi connectivity index (χ4n) is 1.55. The van der Waals surface area contributed by atoms with Crippen LogP contribution in [0.25, 0.3) is 5.69 Å². The van der Waals surface area contributed by atoms with Gasteiger partial charge in [-0.3, -0.25) is 10.1 Å². The van der Waals surface area contributed by atoms with Gasteiger partial charge in [-0.25, -0.2) is 14.5 Å². The second-order valence-electron chi connectivity index (χ2n) is 3.75. The Balaban J connectivity index is 2.46. The zero-order valence-corrected chi connectivity index (χ0v) is 10.7. The zero-order chi connectivity index (χ0) is 14.7. The summed E-state index contributed by atoms with van der Waals surface area (Å²) in [5, 5.41) is 17.6. The molecule has 0 saturated carbocycles. The first-order valence-corrected chi connectivity index (χ1v) is 5.52. The van der Waals surface area contributed by atoms with Crippen LogP contribution in [0.3, 0.4) is 0 Å². The summed E-state index contributed by atoms with van der Waals surface area (Å²) in [4.78, 5) is 25.4. The van der Waals surface area contributed by atoms with Crippen molar-refractivity contribution in [3.63, 3.8) is 0 Å². The Morgan fingerprint density at radius 1 is 1.45 bits per heavy atom. The molecule has 0 aliphatic heterocycles. The number of ether oxygens (including phenoxy) is 1. The standard InChI is InChI=1S/C11H11N5O4/c1-12-7-3-8(5-9(4-7)16(18)19)15-6-13-10(14-15)11(17)20-2/h3-6,12H,1-2H3. The molecule has 0 unspecified atom stereocenters. The van der Waals surface area contributed by atoms with E-state index < -0.39 is 10.9 Å². The van der Waals surface area contributed by atoms with Crippen molar-refractivity contribution in [1.29, 1.82) is 0 Å². The van der Waals surface area contributed by atoms with Gasteiger partial charge in [0.05, 0.1) is 17.7 Å². The minimum Gasteiger partial charge on any atom is -0.463 e. The lowest BCUT2D eigenvalue weighted by atomic mass is 10.2. The third-order valence-electron chi connectivity index (χ3n) is 2.53. The van der Waals surface area contributed by atoms with Crippen LogP contribution in [0.1, 0.15) is 10.6 Å². The van der Waals surface area contributed by atoms with Crippen LogP contribution >= 0.6 is 0 Å². The molecule has 20 heavy (non-hydrogen) atoms. The quantitative estimate of drug-likeness (QED) is 0.504. The number of benzene rings is 1. The first-order chi connectivity index (χ1) is 9.55. The van der Waals surface area contributed by atoms with E-state index >= 15 is 0 Å². The Bertz CT molecular complexity index is 667. The molecule has 0 amide bonds. The Labute approximate surface area is 113 Å². The molecule has 1 aromatic carbocycles. The number of carbonyl (C=O) groups excluding carboxylic acids is 1. The number of hydrogen-bond donors (Lipinski definition) is 1. The van der Waals surface area contributed by atoms with Crippen LogP contribution in [0.5, 0.6) is 0 Å². The Morgan fingerprint density at radius 2 is 2.20 bits per heavy atom. The molecule has 0 fully saturated rings. The second-order valence-corrected chi connectivity index (χ2v) is 3.75. The lowest BCUT2D eigenvalue weighted by molar-refractivity contribution is -0.384. The molecule has 104 valence electrons. The van der Waals surface area contributed by atoms with E-state index in [4.69, 9.17) is 0 Å². The van der Waals surface area contributed by atoms with Crippen molar-refractivity contribution in [2.45, 2.75) is 0 Å². The van der Waals surface area contributed by atoms with Crippen molar-refractivity contribution in [3.8, 4) is 5.69 Å². The number of non-ortho nitro benzene ring substituents is 1. The van der Waals surface area contributed by atoms with Crippen LogP contribution in [-0.2, 0) is 4.74 Å². The maximum absolute atomic E-state index is 11.3. The highest BCUT2D eigenvalue weighted by Crippen LogP contribution is 2.22. The number of nitro groups is 1. The third kappa shape index (κ3) is 2.55. The number of aromatic nitrogens is 3. The fraction of sp³-hybridized carbons (Fsp3) is 0.182. The molecule has 1 N–H and O–H groups in total. The summed E-state index contributed by atoms with van der Waals surface area (Å²) in [5.74, 6) is -0.798. The highest BCUT2D eigenvalue weighted by molar-refractivity contribution is 5.84. The predicted octanol–water partition coefficient (Wildman–Crippen LogP) is 1.00. The zero-order valence-electron chi connectivity index (χ0n) is 10.7. The summed E-state index contributed by atoms with van der Waals surface area (Å²) in [5.41, 5.74) is 0.859. The van der Waals surface area contributed by atoms with Crippen LogP contribution < -0.4 is 5.32 Å². The first kappa shape index (κ1) is 13.5. The second kappa shape index (κ2) is 5.34. The molecule has 0 atom stereocenters. The van der Waals surface area contributed by atoms with Crippen LogP contribution in [-0.4, -0.2) is 39.8 Å². The summed E-state index contributed by atoms with van der Waals surface area (Å²) in [6.07, 6.45) is 1.28. The predicted molar refractivity (Wildman–Crippen MR) is 68.9 cm³/mol. The first-order valence-electron chi connectivity index (χ1n) is 5.52. The van der Waals surface area contributed by atoms with Crippen molar-refractivity contribution in [3.05, 3.63) is 40.5 Å². The van der Waals surface area contributed by atoms with Gasteiger partial charge in [0.25, 0.3) is 11.5 Å². The van der Waals surface area contributed by atoms with E-state index in [1.807, 2.05) is 0 Å². The molecular formula is C11H11N5O4. The molecule has 0 bridgehead atoms.